The molecule has 12 atom stereocenters. The highest BCUT2D eigenvalue weighted by atomic mass is 16.5. The number of nitrogens with two attached hydrogens (primary N) is 6. The number of carbonyl (C=O) groups is 16. The highest BCUT2D eigenvalue weighted by molar-refractivity contribution is 6.01. The van der Waals surface area contributed by atoms with Crippen LogP contribution in [0.25, 0.3) is 11.1 Å². The van der Waals surface area contributed by atoms with E-state index in [0.717, 1.165) is 22.3 Å². The van der Waals surface area contributed by atoms with E-state index in [1.54, 1.807) is 13.8 Å². The molecule has 1 aliphatic carbocycles. The van der Waals surface area contributed by atoms with Crippen molar-refractivity contribution in [3.8, 4) is 16.9 Å². The van der Waals surface area contributed by atoms with Crippen LogP contribution in [0.4, 0.5) is 4.79 Å². The zero-order valence-electron chi connectivity index (χ0n) is 72.2. The lowest BCUT2D eigenvalue weighted by atomic mass is 9.88. The minimum atomic E-state index is -1.97. The molecule has 0 radical (unpaired) electrons. The maximum absolute atomic E-state index is 14.9. The van der Waals surface area contributed by atoms with Gasteiger partial charge >= 0.3 is 24.0 Å². The molecule has 0 fully saturated rings. The lowest BCUT2D eigenvalue weighted by molar-refractivity contribution is -0.147. The Morgan fingerprint density at radius 1 is 0.441 bits per heavy atom. The van der Waals surface area contributed by atoms with Crippen LogP contribution >= 0.6 is 0 Å². The van der Waals surface area contributed by atoms with E-state index in [9.17, 15) is 102 Å². The van der Waals surface area contributed by atoms with Crippen LogP contribution in [0.5, 0.6) is 5.75 Å². The average Bonchev–Trinajstić information content (AvgIpc) is 1.61. The Kier molecular flexibility index (Phi) is 46.0. The van der Waals surface area contributed by atoms with E-state index in [1.807, 2.05) is 48.5 Å². The number of rotatable bonds is 60. The fourth-order valence-electron chi connectivity index (χ4n) is 14.1. The second-order valence-electron chi connectivity index (χ2n) is 31.9. The summed E-state index contributed by atoms with van der Waals surface area (Å²) in [5.41, 5.74) is 36.1. The number of carboxylic acid groups (broad SMARTS) is 3. The van der Waals surface area contributed by atoms with Gasteiger partial charge in [-0.05, 0) is 181 Å². The summed E-state index contributed by atoms with van der Waals surface area (Å²) in [7, 11) is 0. The van der Waals surface area contributed by atoms with Crippen molar-refractivity contribution < 1.29 is 107 Å². The van der Waals surface area contributed by atoms with Crippen LogP contribution in [0.15, 0.2) is 72.8 Å². The Balaban J connectivity index is 1.63. The van der Waals surface area contributed by atoms with Crippen LogP contribution in [-0.2, 0) is 83.1 Å². The normalized spacial score (nSPS) is 14.5. The average molecular weight is 1790 g/mol. The number of aromatic hydroxyl groups is 1. The molecule has 3 aromatic carbocycles. The number of phenolic OH excluding ortho intramolecular Hbond substituents is 1. The SMILES string of the molecule is CC(C)C[C@](C)(NC(=O)[C@H](CCCNC(=N)N)NC(=O)[C@H](CCCCN)NC(=O)[C@H](CO)NC(=O)[C@H](CCCNC(=N)N)NC(=O)[C@H](CCC(=O)O)NC(=O)[C@H](CCCCN)NC(=O)[C@@H](Cc1ccc(O)cc1)NC(=O)OCC1c2ccccc2-c2ccccc21)C(=O)N[C@H](C(=O)N[C@@H](CCC(N)=O)C(=O)N[C@@H](CCCCN)C(=O)N[C@@H](CC(=O)O)C(=O)O)C(C)C. The van der Waals surface area contributed by atoms with Crippen molar-refractivity contribution >= 4 is 107 Å². The second-order valence-corrected chi connectivity index (χ2v) is 31.9. The predicted molar refractivity (Wildman–Crippen MR) is 463 cm³/mol. The number of carboxylic acids is 3. The third-order valence-corrected chi connectivity index (χ3v) is 20.7. The Morgan fingerprint density at radius 3 is 1.20 bits per heavy atom. The molecule has 0 bridgehead atoms. The molecule has 44 heteroatoms. The van der Waals surface area contributed by atoms with Crippen molar-refractivity contribution in [2.45, 2.75) is 241 Å². The Labute approximate surface area is 735 Å². The zero-order valence-corrected chi connectivity index (χ0v) is 72.2. The van der Waals surface area contributed by atoms with Gasteiger partial charge in [-0.15, -0.1) is 0 Å². The predicted octanol–water partition coefficient (Wildman–Crippen LogP) is -3.14. The summed E-state index contributed by atoms with van der Waals surface area (Å²) in [4.78, 5) is 221. The first kappa shape index (κ1) is 106. The second kappa shape index (κ2) is 54.8. The molecule has 0 heterocycles. The van der Waals surface area contributed by atoms with Crippen molar-refractivity contribution in [1.82, 2.24) is 74.4 Å². The first-order valence-electron chi connectivity index (χ1n) is 42.2. The standard InChI is InChI=1S/C83H128N22O22/c1-45(2)42-83(5,79(125)104-67(46(3)4)77(122)100-59(31-33-64(87)108)72(117)94-56(24-12-15-37-86)70(115)101-62(78(123)124)41-66(111)112)105-76(121)58(26-17-39-93-81(90)91)98-68(113)55(23-11-14-36-85)97-75(120)63(43-106)102-71(116)57(25-16-38-92-80(88)89)95-73(118)60(32-34-65(109)110)99-69(114)54(22-10-13-35-84)96-74(119)61(40-47-27-29-48(107)30-28-47)103-82(126)127-44-53-51-20-8-6-18-49(51)50-19-7-9-21-52(50)53/h6-9,18-21,27-30,45-46,53-63,67,106-107H,10-17,22-26,31-44,84-86H2,1-5H3,(H2,87,108)(H,94,117)(H,95,118)(H,96,119)(H,97,120)(H,98,113)(H,99,114)(H,100,122)(H,101,115)(H,102,116)(H,103,126)(H,104,125)(H,105,121)(H,109,110)(H,111,112)(H,123,124)(H4,88,89,92)(H4,90,91,93)/t54-,55-,56-,57-,58-,59-,60-,61+,62-,63-,67-,83-/m0/s1. The monoisotopic (exact) mass is 1780 g/mol. The molecule has 44 nitrogen and oxygen atoms in total. The van der Waals surface area contributed by atoms with Gasteiger partial charge in [0, 0.05) is 38.3 Å². The van der Waals surface area contributed by atoms with Gasteiger partial charge in [-0.3, -0.25) is 77.9 Å². The molecule has 33 N–H and O–H groups in total. The van der Waals surface area contributed by atoms with Crippen molar-refractivity contribution in [3.63, 3.8) is 0 Å². The van der Waals surface area contributed by atoms with Crippen LogP contribution in [0.3, 0.4) is 0 Å². The number of hydrogen-bond donors (Lipinski definition) is 27. The van der Waals surface area contributed by atoms with E-state index < -0.39 is 229 Å². The van der Waals surface area contributed by atoms with Gasteiger partial charge in [-0.1, -0.05) is 88.4 Å². The maximum Gasteiger partial charge on any atom is 0.407 e. The minimum absolute atomic E-state index is 0.00106. The van der Waals surface area contributed by atoms with Crippen LogP contribution in [-0.4, -0.2) is 250 Å². The maximum atomic E-state index is 14.9. The number of aliphatic carboxylic acids is 3. The molecule has 1 aliphatic rings. The summed E-state index contributed by atoms with van der Waals surface area (Å²) in [5, 5.41) is 100. The minimum Gasteiger partial charge on any atom is -0.508 e. The largest absolute Gasteiger partial charge is 0.508 e. The highest BCUT2D eigenvalue weighted by Gasteiger charge is 2.43. The van der Waals surface area contributed by atoms with E-state index >= 15 is 0 Å². The number of aliphatic hydroxyl groups is 1. The summed E-state index contributed by atoms with van der Waals surface area (Å²) in [6.07, 6.45) is -4.38. The summed E-state index contributed by atoms with van der Waals surface area (Å²) in [5.74, 6) is -19.9. The topological polar surface area (TPSA) is 756 Å². The number of nitrogens with one attached hydrogen (secondary N) is 16. The van der Waals surface area contributed by atoms with Gasteiger partial charge in [0.15, 0.2) is 11.9 Å². The number of hydrogen-bond acceptors (Lipinski definition) is 24. The summed E-state index contributed by atoms with van der Waals surface area (Å²) < 4.78 is 5.80. The molecule has 0 aromatic heterocycles. The number of benzene rings is 3. The zero-order chi connectivity index (χ0) is 94.6. The number of guanidine groups is 2. The molecule has 127 heavy (non-hydrogen) atoms. The van der Waals surface area contributed by atoms with Gasteiger partial charge in [0.25, 0.3) is 0 Å². The van der Waals surface area contributed by atoms with Crippen molar-refractivity contribution in [3.05, 3.63) is 89.5 Å². The van der Waals surface area contributed by atoms with Gasteiger partial charge in [0.05, 0.1) is 13.0 Å². The van der Waals surface area contributed by atoms with Crippen LogP contribution in [0.2, 0.25) is 0 Å². The number of fused-ring (bicyclic) bond motifs is 3. The molecule has 702 valence electrons. The number of ether oxygens (including phenoxy) is 1. The van der Waals surface area contributed by atoms with Crippen LogP contribution in [0, 0.1) is 22.7 Å². The molecule has 13 amide bonds. The van der Waals surface area contributed by atoms with Gasteiger partial charge in [-0.25, -0.2) is 9.59 Å². The fraction of sp³-hybridized carbons (Fsp3) is 0.566. The van der Waals surface area contributed by atoms with Gasteiger partial charge in [0.1, 0.15) is 84.4 Å². The Bertz CT molecular complexity index is 4210. The van der Waals surface area contributed by atoms with Gasteiger partial charge < -0.3 is 139 Å². The first-order valence-corrected chi connectivity index (χ1v) is 42.2. The lowest BCUT2D eigenvalue weighted by Gasteiger charge is -2.35. The van der Waals surface area contributed by atoms with Crippen LogP contribution < -0.4 is 109 Å². The molecule has 0 unspecified atom stereocenters. The number of amides is 13. The third-order valence-electron chi connectivity index (χ3n) is 20.7. The number of carbonyl (C=O) groups excluding carboxylic acids is 13. The van der Waals surface area contributed by atoms with E-state index in [0.29, 0.717) is 18.4 Å². The Hall–Kier alpha value is -12.8. The fourth-order valence-corrected chi connectivity index (χ4v) is 14.1. The van der Waals surface area contributed by atoms with E-state index in [4.69, 9.17) is 50.0 Å². The number of alkyl carbamates (subject to hydrolysis) is 1. The number of primary amides is 1. The van der Waals surface area contributed by atoms with Crippen molar-refractivity contribution in [2.75, 3.05) is 45.9 Å². The first-order chi connectivity index (χ1) is 60.1. The molecule has 0 spiro atoms. The molecule has 4 rings (SSSR count). The molecular formula is C83H128N22O22. The molecule has 0 saturated heterocycles. The van der Waals surface area contributed by atoms with E-state index in [2.05, 4.69) is 74.4 Å². The van der Waals surface area contributed by atoms with Gasteiger partial charge in [-0.2, -0.15) is 0 Å². The number of unbranched alkanes of at least 4 members (excludes halogenated alkanes) is 3. The summed E-state index contributed by atoms with van der Waals surface area (Å²) in [6.45, 7) is 6.72. The quantitative estimate of drug-likeness (QED) is 0.0151. The highest BCUT2D eigenvalue weighted by Crippen LogP contribution is 2.44. The number of phenols is 1. The molecular weight excluding hydrogens is 1660 g/mol. The van der Waals surface area contributed by atoms with E-state index in [-0.39, 0.29) is 134 Å². The molecule has 0 aliphatic heterocycles. The smallest absolute Gasteiger partial charge is 0.407 e. The lowest BCUT2D eigenvalue weighted by Crippen LogP contribution is -2.65. The van der Waals surface area contributed by atoms with Crippen LogP contribution in [0.1, 0.15) is 179 Å². The molecule has 3 aromatic rings. The van der Waals surface area contributed by atoms with Gasteiger partial charge in [0.2, 0.25) is 70.9 Å². The summed E-state index contributed by atoms with van der Waals surface area (Å²) >= 11 is 0. The van der Waals surface area contributed by atoms with Crippen molar-refractivity contribution in [1.29, 1.82) is 10.8 Å². The number of aliphatic hydroxyl groups excluding tert-OH is 1. The van der Waals surface area contributed by atoms with E-state index in [1.165, 1.54) is 45.0 Å². The van der Waals surface area contributed by atoms with Crippen molar-refractivity contribution in [2.24, 2.45) is 46.2 Å². The molecule has 0 saturated carbocycles. The third kappa shape index (κ3) is 37.5. The summed E-state index contributed by atoms with van der Waals surface area (Å²) in [6, 6.07) is 2.73. The Morgan fingerprint density at radius 2 is 0.819 bits per heavy atom.